The molecule has 138 valence electrons. The summed E-state index contributed by atoms with van der Waals surface area (Å²) in [4.78, 5) is 1.08. The van der Waals surface area contributed by atoms with Crippen molar-refractivity contribution in [2.45, 2.75) is 30.8 Å². The number of rotatable bonds is 6. The topological polar surface area (TPSA) is 69.6 Å². The highest BCUT2D eigenvalue weighted by molar-refractivity contribution is 7.99. The van der Waals surface area contributed by atoms with Gasteiger partial charge in [-0.15, -0.1) is 31.7 Å². The summed E-state index contributed by atoms with van der Waals surface area (Å²) < 4.78 is 20.9. The fourth-order valence-corrected chi connectivity index (χ4v) is 4.23. The molecule has 0 unspecified atom stereocenters. The molecule has 1 aromatic carbocycles. The summed E-state index contributed by atoms with van der Waals surface area (Å²) in [5.74, 6) is 1.42. The molecular formula is C18H16FN5OS2. The van der Waals surface area contributed by atoms with Gasteiger partial charge in [-0.2, -0.15) is 0 Å². The Morgan fingerprint density at radius 2 is 1.96 bits per heavy atom. The molecule has 3 heterocycles. The number of benzene rings is 1. The fraction of sp³-hybridized carbons (Fsp3) is 0.222. The van der Waals surface area contributed by atoms with Crippen molar-refractivity contribution >= 4 is 23.1 Å². The first-order chi connectivity index (χ1) is 13.2. The summed E-state index contributed by atoms with van der Waals surface area (Å²) in [5.41, 5.74) is 0.684. The summed E-state index contributed by atoms with van der Waals surface area (Å²) in [6, 6.07) is 10.0. The number of hydrogen-bond donors (Lipinski definition) is 0. The van der Waals surface area contributed by atoms with Gasteiger partial charge in [0.05, 0.1) is 10.1 Å². The third kappa shape index (κ3) is 3.65. The van der Waals surface area contributed by atoms with Gasteiger partial charge in [-0.1, -0.05) is 17.8 Å². The van der Waals surface area contributed by atoms with Crippen LogP contribution in [0.1, 0.15) is 25.0 Å². The van der Waals surface area contributed by atoms with E-state index in [1.807, 2.05) is 24.4 Å². The summed E-state index contributed by atoms with van der Waals surface area (Å²) in [6.07, 6.45) is 0. The summed E-state index contributed by atoms with van der Waals surface area (Å²) in [6.45, 7) is 4.81. The second-order valence-electron chi connectivity index (χ2n) is 5.74. The molecule has 1 atom stereocenters. The lowest BCUT2D eigenvalue weighted by Gasteiger charge is -2.08. The Morgan fingerprint density at radius 3 is 2.67 bits per heavy atom. The van der Waals surface area contributed by atoms with Gasteiger partial charge in [0, 0.05) is 12.1 Å². The van der Waals surface area contributed by atoms with Gasteiger partial charge in [0.2, 0.25) is 11.8 Å². The van der Waals surface area contributed by atoms with Gasteiger partial charge in [-0.05, 0) is 49.6 Å². The van der Waals surface area contributed by atoms with Gasteiger partial charge in [-0.25, -0.2) is 4.39 Å². The minimum atomic E-state index is -0.303. The Balaban J connectivity index is 1.55. The number of nitrogens with zero attached hydrogens (tertiary/aromatic N) is 5. The quantitative estimate of drug-likeness (QED) is 0.420. The van der Waals surface area contributed by atoms with Crippen LogP contribution in [0.2, 0.25) is 0 Å². The summed E-state index contributed by atoms with van der Waals surface area (Å²) in [5, 5.41) is 19.6. The number of thioether (sulfide) groups is 1. The maximum Gasteiger partial charge on any atom is 0.247 e. The van der Waals surface area contributed by atoms with Gasteiger partial charge >= 0.3 is 0 Å². The van der Waals surface area contributed by atoms with Crippen molar-refractivity contribution < 1.29 is 8.81 Å². The molecule has 0 amide bonds. The molecule has 0 saturated carbocycles. The van der Waals surface area contributed by atoms with Crippen LogP contribution >= 0.6 is 23.1 Å². The Morgan fingerprint density at radius 1 is 1.15 bits per heavy atom. The van der Waals surface area contributed by atoms with Crippen molar-refractivity contribution in [3.05, 3.63) is 53.5 Å². The van der Waals surface area contributed by atoms with Gasteiger partial charge in [0.1, 0.15) is 5.82 Å². The largest absolute Gasteiger partial charge is 0.419 e. The zero-order chi connectivity index (χ0) is 18.8. The van der Waals surface area contributed by atoms with Crippen molar-refractivity contribution in [1.82, 2.24) is 25.0 Å². The number of hydrogen-bond acceptors (Lipinski definition) is 7. The van der Waals surface area contributed by atoms with Crippen molar-refractivity contribution in [1.29, 1.82) is 0 Å². The molecule has 9 heteroatoms. The maximum atomic E-state index is 13.1. The minimum Gasteiger partial charge on any atom is -0.419 e. The van der Waals surface area contributed by atoms with E-state index >= 15 is 0 Å². The normalized spacial score (nSPS) is 12.4. The van der Waals surface area contributed by atoms with Crippen molar-refractivity contribution in [3.63, 3.8) is 0 Å². The van der Waals surface area contributed by atoms with Crippen LogP contribution in [0, 0.1) is 5.82 Å². The van der Waals surface area contributed by atoms with Crippen LogP contribution in [0.4, 0.5) is 4.39 Å². The Kier molecular flexibility index (Phi) is 5.04. The average Bonchev–Trinajstić information content (AvgIpc) is 3.42. The number of halogens is 1. The lowest BCUT2D eigenvalue weighted by molar-refractivity contribution is 0.508. The average molecular weight is 401 g/mol. The SMILES string of the molecule is CCn1c(S[C@H](C)c2nnc(-c3ccc(F)cc3)o2)nnc1-c1cccs1. The zero-order valence-electron chi connectivity index (χ0n) is 14.7. The van der Waals surface area contributed by atoms with Crippen molar-refractivity contribution in [3.8, 4) is 22.2 Å². The van der Waals surface area contributed by atoms with Crippen LogP contribution in [-0.4, -0.2) is 25.0 Å². The molecule has 0 spiro atoms. The van der Waals surface area contributed by atoms with Crippen LogP contribution in [0.25, 0.3) is 22.2 Å². The fourth-order valence-electron chi connectivity index (χ4n) is 2.57. The van der Waals surface area contributed by atoms with Crippen molar-refractivity contribution in [2.24, 2.45) is 0 Å². The first kappa shape index (κ1) is 17.9. The second kappa shape index (κ2) is 7.61. The van der Waals surface area contributed by atoms with E-state index in [9.17, 15) is 4.39 Å². The van der Waals surface area contributed by atoms with E-state index in [-0.39, 0.29) is 11.1 Å². The van der Waals surface area contributed by atoms with Crippen LogP contribution in [-0.2, 0) is 6.54 Å². The van der Waals surface area contributed by atoms with Crippen LogP contribution in [0.3, 0.4) is 0 Å². The molecule has 6 nitrogen and oxygen atoms in total. The summed E-state index contributed by atoms with van der Waals surface area (Å²) in [7, 11) is 0. The molecular weight excluding hydrogens is 385 g/mol. The van der Waals surface area contributed by atoms with Crippen LogP contribution in [0.15, 0.2) is 51.4 Å². The molecule has 0 radical (unpaired) electrons. The highest BCUT2D eigenvalue weighted by Crippen LogP contribution is 2.36. The molecule has 0 N–H and O–H groups in total. The van der Waals surface area contributed by atoms with Gasteiger partial charge < -0.3 is 8.98 Å². The molecule has 0 fully saturated rings. The first-order valence-electron chi connectivity index (χ1n) is 8.38. The predicted molar refractivity (Wildman–Crippen MR) is 103 cm³/mol. The lowest BCUT2D eigenvalue weighted by atomic mass is 10.2. The molecule has 4 aromatic rings. The molecule has 0 aliphatic heterocycles. The molecule has 27 heavy (non-hydrogen) atoms. The molecule has 0 saturated heterocycles. The second-order valence-corrected chi connectivity index (χ2v) is 8.00. The molecule has 0 aliphatic carbocycles. The van der Waals surface area contributed by atoms with Gasteiger partial charge in [0.15, 0.2) is 11.0 Å². The smallest absolute Gasteiger partial charge is 0.247 e. The Labute approximate surface area is 163 Å². The van der Waals surface area contributed by atoms with E-state index in [0.29, 0.717) is 17.3 Å². The van der Waals surface area contributed by atoms with Crippen LogP contribution < -0.4 is 0 Å². The van der Waals surface area contributed by atoms with E-state index in [4.69, 9.17) is 4.42 Å². The molecule has 0 aliphatic rings. The number of thiophene rings is 1. The highest BCUT2D eigenvalue weighted by atomic mass is 32.2. The standard InChI is InChI=1S/C18H16FN5OS2/c1-3-24-15(14-5-4-10-26-14)20-23-18(24)27-11(2)16-21-22-17(25-16)12-6-8-13(19)9-7-12/h4-11H,3H2,1-2H3/t11-/m1/s1. The Hall–Kier alpha value is -2.52. The van der Waals surface area contributed by atoms with Gasteiger partial charge in [0.25, 0.3) is 0 Å². The Bertz CT molecular complexity index is 1030. The van der Waals surface area contributed by atoms with E-state index in [0.717, 1.165) is 22.4 Å². The third-order valence-corrected chi connectivity index (χ3v) is 5.87. The lowest BCUT2D eigenvalue weighted by Crippen LogP contribution is -2.00. The van der Waals surface area contributed by atoms with Gasteiger partial charge in [-0.3, -0.25) is 0 Å². The zero-order valence-corrected chi connectivity index (χ0v) is 16.3. The highest BCUT2D eigenvalue weighted by Gasteiger charge is 2.21. The summed E-state index contributed by atoms with van der Waals surface area (Å²) >= 11 is 3.15. The molecule has 4 rings (SSSR count). The van der Waals surface area contributed by atoms with Crippen molar-refractivity contribution in [2.75, 3.05) is 0 Å². The van der Waals surface area contributed by atoms with E-state index < -0.39 is 0 Å². The number of aromatic nitrogens is 5. The monoisotopic (exact) mass is 401 g/mol. The minimum absolute atomic E-state index is 0.0996. The van der Waals surface area contributed by atoms with E-state index in [2.05, 4.69) is 31.9 Å². The maximum absolute atomic E-state index is 13.1. The first-order valence-corrected chi connectivity index (χ1v) is 10.1. The van der Waals surface area contributed by atoms with E-state index in [1.165, 1.54) is 23.9 Å². The van der Waals surface area contributed by atoms with E-state index in [1.54, 1.807) is 23.5 Å². The third-order valence-electron chi connectivity index (χ3n) is 3.94. The van der Waals surface area contributed by atoms with Crippen LogP contribution in [0.5, 0.6) is 0 Å². The predicted octanol–water partition coefficient (Wildman–Crippen LogP) is 5.07. The molecule has 3 aromatic heterocycles. The molecule has 0 bridgehead atoms.